The largest absolute Gasteiger partial charge is 0.379 e. The summed E-state index contributed by atoms with van der Waals surface area (Å²) < 4.78 is 5.51. The van der Waals surface area contributed by atoms with Crippen LogP contribution in [0, 0.1) is 0 Å². The Morgan fingerprint density at radius 1 is 1.35 bits per heavy atom. The highest BCUT2D eigenvalue weighted by atomic mass is 32.1. The van der Waals surface area contributed by atoms with Gasteiger partial charge in [0.05, 0.1) is 19.3 Å². The van der Waals surface area contributed by atoms with Gasteiger partial charge in [0.1, 0.15) is 12.1 Å². The molecular formula is C17H24N4OS. The van der Waals surface area contributed by atoms with Gasteiger partial charge in [0.15, 0.2) is 0 Å². The molecule has 2 aromatic heterocycles. The van der Waals surface area contributed by atoms with E-state index in [2.05, 4.69) is 57.3 Å². The first-order valence-corrected chi connectivity index (χ1v) is 9.03. The average Bonchev–Trinajstić information content (AvgIpc) is 3.14. The monoisotopic (exact) mass is 332 g/mol. The number of hydrogen-bond acceptors (Lipinski definition) is 6. The van der Waals surface area contributed by atoms with Crippen LogP contribution in [0.4, 0.5) is 5.82 Å². The van der Waals surface area contributed by atoms with Crippen molar-refractivity contribution in [2.24, 2.45) is 0 Å². The van der Waals surface area contributed by atoms with Crippen molar-refractivity contribution in [3.05, 3.63) is 40.5 Å². The lowest BCUT2D eigenvalue weighted by Gasteiger charge is -2.36. The van der Waals surface area contributed by atoms with E-state index < -0.39 is 0 Å². The number of ether oxygens (including phenoxy) is 1. The molecule has 124 valence electrons. The molecule has 0 aromatic carbocycles. The molecule has 1 fully saturated rings. The molecule has 1 aliphatic heterocycles. The maximum Gasteiger partial charge on any atom is 0.131 e. The predicted octanol–water partition coefficient (Wildman–Crippen LogP) is 2.61. The number of aryl methyl sites for hydroxylation is 1. The molecule has 1 unspecified atom stereocenters. The summed E-state index contributed by atoms with van der Waals surface area (Å²) in [5.41, 5.74) is 1.08. The first kappa shape index (κ1) is 16.4. The molecule has 1 aliphatic rings. The van der Waals surface area contributed by atoms with Crippen molar-refractivity contribution in [3.8, 4) is 0 Å². The van der Waals surface area contributed by atoms with Crippen molar-refractivity contribution in [2.75, 3.05) is 44.8 Å². The predicted molar refractivity (Wildman–Crippen MR) is 94.1 cm³/mol. The van der Waals surface area contributed by atoms with E-state index in [1.165, 1.54) is 4.88 Å². The van der Waals surface area contributed by atoms with E-state index in [9.17, 15) is 0 Å². The van der Waals surface area contributed by atoms with E-state index in [1.807, 2.05) is 11.3 Å². The second-order valence-corrected chi connectivity index (χ2v) is 6.76. The average molecular weight is 332 g/mol. The Balaban J connectivity index is 1.77. The van der Waals surface area contributed by atoms with Gasteiger partial charge in [0.25, 0.3) is 0 Å². The van der Waals surface area contributed by atoms with Gasteiger partial charge in [-0.3, -0.25) is 4.90 Å². The maximum atomic E-state index is 5.51. The van der Waals surface area contributed by atoms with Crippen molar-refractivity contribution >= 4 is 17.2 Å². The third-order valence-corrected chi connectivity index (χ3v) is 5.24. The lowest BCUT2D eigenvalue weighted by Crippen LogP contribution is -2.43. The van der Waals surface area contributed by atoms with Crippen LogP contribution in [0.5, 0.6) is 0 Å². The smallest absolute Gasteiger partial charge is 0.131 e. The van der Waals surface area contributed by atoms with Gasteiger partial charge in [-0.15, -0.1) is 11.3 Å². The highest BCUT2D eigenvalue weighted by Crippen LogP contribution is 2.27. The van der Waals surface area contributed by atoms with Crippen molar-refractivity contribution in [1.29, 1.82) is 0 Å². The zero-order valence-electron chi connectivity index (χ0n) is 13.8. The summed E-state index contributed by atoms with van der Waals surface area (Å²) in [5.74, 6) is 0.992. The standard InChI is InChI=1S/C17H24N4OS/c1-3-14-11-17(19-13-18-14)20(2)12-15(16-5-4-10-23-16)21-6-8-22-9-7-21/h4-5,10-11,13,15H,3,6-9,12H2,1-2H3. The second-order valence-electron chi connectivity index (χ2n) is 5.78. The summed E-state index contributed by atoms with van der Waals surface area (Å²) in [4.78, 5) is 14.9. The van der Waals surface area contributed by atoms with Crippen molar-refractivity contribution < 1.29 is 4.74 Å². The molecule has 23 heavy (non-hydrogen) atoms. The van der Waals surface area contributed by atoms with Gasteiger partial charge in [-0.05, 0) is 17.9 Å². The summed E-state index contributed by atoms with van der Waals surface area (Å²) >= 11 is 1.83. The van der Waals surface area contributed by atoms with Crippen molar-refractivity contribution in [3.63, 3.8) is 0 Å². The zero-order chi connectivity index (χ0) is 16.1. The third-order valence-electron chi connectivity index (χ3n) is 4.27. The van der Waals surface area contributed by atoms with Crippen LogP contribution in [0.1, 0.15) is 23.5 Å². The van der Waals surface area contributed by atoms with Crippen LogP contribution < -0.4 is 4.90 Å². The molecule has 0 saturated carbocycles. The van der Waals surface area contributed by atoms with Gasteiger partial charge < -0.3 is 9.64 Å². The maximum absolute atomic E-state index is 5.51. The van der Waals surface area contributed by atoms with Crippen molar-refractivity contribution in [2.45, 2.75) is 19.4 Å². The number of rotatable bonds is 6. The van der Waals surface area contributed by atoms with Crippen molar-refractivity contribution in [1.82, 2.24) is 14.9 Å². The number of morpholine rings is 1. The molecule has 0 amide bonds. The van der Waals surface area contributed by atoms with Gasteiger partial charge in [-0.1, -0.05) is 13.0 Å². The molecular weight excluding hydrogens is 308 g/mol. The Morgan fingerprint density at radius 3 is 2.87 bits per heavy atom. The quantitative estimate of drug-likeness (QED) is 0.813. The molecule has 6 heteroatoms. The van der Waals surface area contributed by atoms with Gasteiger partial charge in [-0.25, -0.2) is 9.97 Å². The first-order chi connectivity index (χ1) is 11.3. The van der Waals surface area contributed by atoms with Gasteiger partial charge in [0.2, 0.25) is 0 Å². The Bertz CT molecular complexity index is 598. The first-order valence-electron chi connectivity index (χ1n) is 8.15. The summed E-state index contributed by atoms with van der Waals surface area (Å²) in [6, 6.07) is 6.83. The molecule has 0 radical (unpaired) electrons. The molecule has 0 bridgehead atoms. The minimum atomic E-state index is 0.379. The van der Waals surface area contributed by atoms with Gasteiger partial charge in [-0.2, -0.15) is 0 Å². The van der Waals surface area contributed by atoms with Crippen LogP contribution in [0.15, 0.2) is 29.9 Å². The second kappa shape index (κ2) is 7.86. The summed E-state index contributed by atoms with van der Waals surface area (Å²) in [6.45, 7) is 6.65. The number of anilines is 1. The molecule has 0 N–H and O–H groups in total. The molecule has 1 atom stereocenters. The lowest BCUT2D eigenvalue weighted by molar-refractivity contribution is 0.0183. The number of hydrogen-bond donors (Lipinski definition) is 0. The topological polar surface area (TPSA) is 41.5 Å². The van der Waals surface area contributed by atoms with E-state index in [-0.39, 0.29) is 0 Å². The van der Waals surface area contributed by atoms with Gasteiger partial charge in [0, 0.05) is 43.3 Å². The fraction of sp³-hybridized carbons (Fsp3) is 0.529. The normalized spacial score (nSPS) is 17.1. The fourth-order valence-electron chi connectivity index (χ4n) is 2.90. The summed E-state index contributed by atoms with van der Waals surface area (Å²) in [5, 5.41) is 2.16. The lowest BCUT2D eigenvalue weighted by atomic mass is 10.1. The molecule has 3 rings (SSSR count). The Kier molecular flexibility index (Phi) is 5.59. The van der Waals surface area contributed by atoms with Crippen LogP contribution in [0.25, 0.3) is 0 Å². The van der Waals surface area contributed by atoms with E-state index >= 15 is 0 Å². The van der Waals surface area contributed by atoms with E-state index in [1.54, 1.807) is 6.33 Å². The molecule has 2 aromatic rings. The number of likely N-dealkylation sites (N-methyl/N-ethyl adjacent to an activating group) is 1. The Morgan fingerprint density at radius 2 is 2.17 bits per heavy atom. The SMILES string of the molecule is CCc1cc(N(C)CC(c2cccs2)N2CCOCC2)ncn1. The minimum absolute atomic E-state index is 0.379. The molecule has 0 spiro atoms. The van der Waals surface area contributed by atoms with Crippen LogP contribution in [-0.4, -0.2) is 54.8 Å². The number of thiophene rings is 1. The highest BCUT2D eigenvalue weighted by Gasteiger charge is 2.25. The molecule has 1 saturated heterocycles. The van der Waals surface area contributed by atoms with E-state index in [0.717, 1.165) is 50.8 Å². The van der Waals surface area contributed by atoms with Crippen LogP contribution >= 0.6 is 11.3 Å². The molecule has 5 nitrogen and oxygen atoms in total. The highest BCUT2D eigenvalue weighted by molar-refractivity contribution is 7.10. The Labute approximate surface area is 141 Å². The van der Waals surface area contributed by atoms with E-state index in [0.29, 0.717) is 6.04 Å². The van der Waals surface area contributed by atoms with Crippen LogP contribution in [0.3, 0.4) is 0 Å². The summed E-state index contributed by atoms with van der Waals surface area (Å²) in [6.07, 6.45) is 2.60. The number of aromatic nitrogens is 2. The zero-order valence-corrected chi connectivity index (χ0v) is 14.6. The third kappa shape index (κ3) is 4.07. The molecule has 0 aliphatic carbocycles. The van der Waals surface area contributed by atoms with Crippen LogP contribution in [0.2, 0.25) is 0 Å². The molecule has 3 heterocycles. The summed E-state index contributed by atoms with van der Waals surface area (Å²) in [7, 11) is 2.11. The minimum Gasteiger partial charge on any atom is -0.379 e. The van der Waals surface area contributed by atoms with Crippen LogP contribution in [-0.2, 0) is 11.2 Å². The fourth-order valence-corrected chi connectivity index (χ4v) is 3.75. The van der Waals surface area contributed by atoms with Gasteiger partial charge >= 0.3 is 0 Å². The Hall–Kier alpha value is -1.50. The van der Waals surface area contributed by atoms with E-state index in [4.69, 9.17) is 4.74 Å². The number of nitrogens with zero attached hydrogens (tertiary/aromatic N) is 4.